The van der Waals surface area contributed by atoms with Crippen molar-refractivity contribution in [2.45, 2.75) is 38.7 Å². The summed E-state index contributed by atoms with van der Waals surface area (Å²) in [4.78, 5) is 5.90. The highest BCUT2D eigenvalue weighted by molar-refractivity contribution is 7.23. The van der Waals surface area contributed by atoms with Gasteiger partial charge in [0.2, 0.25) is 5.13 Å². The maximum absolute atomic E-state index is 5.19. The van der Waals surface area contributed by atoms with E-state index in [-0.39, 0.29) is 0 Å². The van der Waals surface area contributed by atoms with Crippen molar-refractivity contribution in [2.75, 3.05) is 19.0 Å². The number of rotatable bonds is 7. The predicted molar refractivity (Wildman–Crippen MR) is 82.5 cm³/mol. The van der Waals surface area contributed by atoms with Crippen LogP contribution in [0.1, 0.15) is 42.8 Å². The largest absolute Gasteiger partial charge is 0.378 e. The third-order valence-corrected chi connectivity index (χ3v) is 5.15. The Balaban J connectivity index is 1.85. The molecule has 7 heteroatoms. The third-order valence-electron chi connectivity index (χ3n) is 3.07. The van der Waals surface area contributed by atoms with Gasteiger partial charge in [-0.25, -0.2) is 4.98 Å². The number of methoxy groups -OCH3 is 1. The minimum Gasteiger partial charge on any atom is -0.378 e. The number of hydrogen-bond acceptors (Lipinski definition) is 7. The van der Waals surface area contributed by atoms with Crippen molar-refractivity contribution < 1.29 is 4.74 Å². The molecule has 0 amide bonds. The molecule has 2 aromatic heterocycles. The van der Waals surface area contributed by atoms with E-state index in [1.165, 1.54) is 23.4 Å². The second kappa shape index (κ2) is 6.15. The molecule has 2 heterocycles. The molecule has 1 N–H and O–H groups in total. The van der Waals surface area contributed by atoms with Crippen LogP contribution in [0.25, 0.3) is 9.88 Å². The molecule has 0 spiro atoms. The van der Waals surface area contributed by atoms with E-state index in [9.17, 15) is 0 Å². The van der Waals surface area contributed by atoms with Crippen LogP contribution in [-0.2, 0) is 11.3 Å². The van der Waals surface area contributed by atoms with Crippen LogP contribution in [0.2, 0.25) is 0 Å². The maximum Gasteiger partial charge on any atom is 0.206 e. The van der Waals surface area contributed by atoms with Crippen molar-refractivity contribution in [1.29, 1.82) is 0 Å². The van der Waals surface area contributed by atoms with E-state index in [0.717, 1.165) is 28.1 Å². The van der Waals surface area contributed by atoms with Gasteiger partial charge in [0, 0.05) is 19.6 Å². The highest BCUT2D eigenvalue weighted by atomic mass is 32.1. The van der Waals surface area contributed by atoms with Gasteiger partial charge in [-0.15, -0.1) is 21.5 Å². The lowest BCUT2D eigenvalue weighted by Gasteiger charge is -1.96. The molecule has 5 nitrogen and oxygen atoms in total. The van der Waals surface area contributed by atoms with Gasteiger partial charge in [-0.2, -0.15) is 0 Å². The van der Waals surface area contributed by atoms with Crippen LogP contribution < -0.4 is 5.32 Å². The molecule has 20 heavy (non-hydrogen) atoms. The Morgan fingerprint density at radius 2 is 2.15 bits per heavy atom. The second-order valence-corrected chi connectivity index (χ2v) is 6.93. The summed E-state index contributed by atoms with van der Waals surface area (Å²) >= 11 is 3.30. The lowest BCUT2D eigenvalue weighted by atomic mass is 10.2. The van der Waals surface area contributed by atoms with Gasteiger partial charge in [-0.1, -0.05) is 18.3 Å². The average molecular weight is 310 g/mol. The first-order valence-corrected chi connectivity index (χ1v) is 8.51. The Morgan fingerprint density at radius 3 is 2.85 bits per heavy atom. The molecule has 0 aliphatic heterocycles. The number of aromatic nitrogens is 3. The van der Waals surface area contributed by atoms with E-state index < -0.39 is 0 Å². The fraction of sp³-hybridized carbons (Fsp3) is 0.615. The standard InChI is InChI=1S/C13H18N4OS2/c1-3-6-14-13-17-16-12(20-13)11-10(8-4-5-8)15-9(19-11)7-18-2/h8H,3-7H2,1-2H3,(H,14,17). The Labute approximate surface area is 126 Å². The summed E-state index contributed by atoms with van der Waals surface area (Å²) in [5.74, 6) is 0.614. The molecule has 3 rings (SSSR count). The van der Waals surface area contributed by atoms with Gasteiger partial charge >= 0.3 is 0 Å². The molecule has 1 aliphatic carbocycles. The summed E-state index contributed by atoms with van der Waals surface area (Å²) < 4.78 is 5.19. The summed E-state index contributed by atoms with van der Waals surface area (Å²) in [7, 11) is 1.70. The molecule has 1 fully saturated rings. The molecular formula is C13H18N4OS2. The second-order valence-electron chi connectivity index (χ2n) is 4.87. The minimum absolute atomic E-state index is 0.574. The molecule has 0 radical (unpaired) electrons. The quantitative estimate of drug-likeness (QED) is 0.848. The topological polar surface area (TPSA) is 59.9 Å². The van der Waals surface area contributed by atoms with Gasteiger partial charge < -0.3 is 10.1 Å². The number of anilines is 1. The van der Waals surface area contributed by atoms with Gasteiger partial charge in [0.15, 0.2) is 5.01 Å². The molecule has 1 aliphatic rings. The molecule has 2 aromatic rings. The highest BCUT2D eigenvalue weighted by Crippen LogP contribution is 2.47. The number of hydrogen-bond donors (Lipinski definition) is 1. The van der Waals surface area contributed by atoms with Crippen molar-refractivity contribution in [2.24, 2.45) is 0 Å². The smallest absolute Gasteiger partial charge is 0.206 e. The number of nitrogens with zero attached hydrogens (tertiary/aromatic N) is 3. The van der Waals surface area contributed by atoms with Gasteiger partial charge in [-0.3, -0.25) is 0 Å². The molecule has 0 atom stereocenters. The van der Waals surface area contributed by atoms with Crippen LogP contribution in [0, 0.1) is 0 Å². The summed E-state index contributed by atoms with van der Waals surface area (Å²) in [5, 5.41) is 14.7. The van der Waals surface area contributed by atoms with Crippen LogP contribution >= 0.6 is 22.7 Å². The first kappa shape index (κ1) is 13.9. The Bertz CT molecular complexity index is 577. The van der Waals surface area contributed by atoms with E-state index in [2.05, 4.69) is 22.4 Å². The zero-order valence-electron chi connectivity index (χ0n) is 11.7. The lowest BCUT2D eigenvalue weighted by molar-refractivity contribution is 0.184. The Kier molecular flexibility index (Phi) is 4.28. The zero-order valence-corrected chi connectivity index (χ0v) is 13.3. The Hall–Kier alpha value is -1.05. The average Bonchev–Trinajstić information content (AvgIpc) is 3.04. The summed E-state index contributed by atoms with van der Waals surface area (Å²) in [5.41, 5.74) is 1.19. The van der Waals surface area contributed by atoms with Gasteiger partial charge in [0.1, 0.15) is 5.01 Å². The summed E-state index contributed by atoms with van der Waals surface area (Å²) in [6, 6.07) is 0. The van der Waals surface area contributed by atoms with Crippen LogP contribution in [0.3, 0.4) is 0 Å². The van der Waals surface area contributed by atoms with E-state index in [1.807, 2.05) is 0 Å². The molecule has 108 valence electrons. The van der Waals surface area contributed by atoms with Crippen LogP contribution in [-0.4, -0.2) is 28.8 Å². The van der Waals surface area contributed by atoms with E-state index in [4.69, 9.17) is 9.72 Å². The maximum atomic E-state index is 5.19. The fourth-order valence-corrected chi connectivity index (χ4v) is 3.94. The van der Waals surface area contributed by atoms with Crippen molar-refractivity contribution >= 4 is 27.8 Å². The van der Waals surface area contributed by atoms with E-state index >= 15 is 0 Å². The molecule has 0 unspecified atom stereocenters. The zero-order chi connectivity index (χ0) is 13.9. The summed E-state index contributed by atoms with van der Waals surface area (Å²) in [6.45, 7) is 3.65. The minimum atomic E-state index is 0.574. The summed E-state index contributed by atoms with van der Waals surface area (Å²) in [6.07, 6.45) is 3.56. The Morgan fingerprint density at radius 1 is 1.30 bits per heavy atom. The SMILES string of the molecule is CCCNc1nnc(-c2sc(COC)nc2C2CC2)s1. The van der Waals surface area contributed by atoms with Crippen molar-refractivity contribution in [3.8, 4) is 9.88 Å². The monoisotopic (exact) mass is 310 g/mol. The normalized spacial score (nSPS) is 14.7. The van der Waals surface area contributed by atoms with Gasteiger partial charge in [0.05, 0.1) is 17.2 Å². The van der Waals surface area contributed by atoms with Gasteiger partial charge in [0.25, 0.3) is 0 Å². The number of nitrogens with one attached hydrogen (secondary N) is 1. The molecule has 0 aromatic carbocycles. The van der Waals surface area contributed by atoms with Gasteiger partial charge in [-0.05, 0) is 19.3 Å². The molecule has 1 saturated carbocycles. The third kappa shape index (κ3) is 2.99. The van der Waals surface area contributed by atoms with Crippen LogP contribution in [0.15, 0.2) is 0 Å². The van der Waals surface area contributed by atoms with Crippen molar-refractivity contribution in [3.63, 3.8) is 0 Å². The van der Waals surface area contributed by atoms with E-state index in [1.54, 1.807) is 29.8 Å². The van der Waals surface area contributed by atoms with E-state index in [0.29, 0.717) is 12.5 Å². The number of ether oxygens (including phenoxy) is 1. The molecule has 0 bridgehead atoms. The lowest BCUT2D eigenvalue weighted by Crippen LogP contribution is -1.98. The van der Waals surface area contributed by atoms with Crippen LogP contribution in [0.4, 0.5) is 5.13 Å². The molecular weight excluding hydrogens is 292 g/mol. The molecule has 0 saturated heterocycles. The highest BCUT2D eigenvalue weighted by Gasteiger charge is 2.31. The van der Waals surface area contributed by atoms with Crippen molar-refractivity contribution in [1.82, 2.24) is 15.2 Å². The number of thiazole rings is 1. The van der Waals surface area contributed by atoms with Crippen LogP contribution in [0.5, 0.6) is 0 Å². The first-order chi connectivity index (χ1) is 9.81. The predicted octanol–water partition coefficient (Wildman–Crippen LogP) is 3.51. The first-order valence-electron chi connectivity index (χ1n) is 6.88. The van der Waals surface area contributed by atoms with Crippen molar-refractivity contribution in [3.05, 3.63) is 10.7 Å². The fourth-order valence-electron chi connectivity index (χ4n) is 1.97.